The van der Waals surface area contributed by atoms with Crippen LogP contribution < -0.4 is 11.5 Å². The van der Waals surface area contributed by atoms with Gasteiger partial charge in [0.2, 0.25) is 0 Å². The Morgan fingerprint density at radius 1 is 1.11 bits per heavy atom. The summed E-state index contributed by atoms with van der Waals surface area (Å²) in [6, 6.07) is 4.39. The molecule has 0 unspecified atom stereocenters. The average Bonchev–Trinajstić information content (AvgIpc) is 2.35. The number of rotatable bonds is 6. The number of anilines is 2. The highest BCUT2D eigenvalue weighted by Crippen LogP contribution is 2.14. The number of ether oxygens (including phenoxy) is 2. The third-order valence-corrected chi connectivity index (χ3v) is 2.30. The van der Waals surface area contributed by atoms with E-state index in [4.69, 9.17) is 20.9 Å². The van der Waals surface area contributed by atoms with Gasteiger partial charge in [0.15, 0.2) is 6.61 Å². The van der Waals surface area contributed by atoms with Crippen LogP contribution in [0.3, 0.4) is 0 Å². The number of nitrogens with two attached hydrogens (primary N) is 2. The third kappa shape index (κ3) is 5.29. The van der Waals surface area contributed by atoms with E-state index >= 15 is 0 Å². The monoisotopic (exact) mass is 266 g/mol. The number of carbonyl (C=O) groups is 2. The van der Waals surface area contributed by atoms with Crippen LogP contribution in [0.4, 0.5) is 11.4 Å². The largest absolute Gasteiger partial charge is 0.463 e. The molecule has 6 nitrogen and oxygen atoms in total. The van der Waals surface area contributed by atoms with Gasteiger partial charge in [-0.1, -0.05) is 13.3 Å². The van der Waals surface area contributed by atoms with Gasteiger partial charge < -0.3 is 20.9 Å². The summed E-state index contributed by atoms with van der Waals surface area (Å²) in [5, 5.41) is 0. The predicted molar refractivity (Wildman–Crippen MR) is 71.4 cm³/mol. The van der Waals surface area contributed by atoms with Gasteiger partial charge in [0.1, 0.15) is 0 Å². The first-order valence-electron chi connectivity index (χ1n) is 6.01. The minimum absolute atomic E-state index is 0.207. The lowest BCUT2D eigenvalue weighted by Gasteiger charge is -2.06. The van der Waals surface area contributed by atoms with Gasteiger partial charge in [-0.15, -0.1) is 0 Å². The lowest BCUT2D eigenvalue weighted by atomic mass is 10.2. The second kappa shape index (κ2) is 7.25. The smallest absolute Gasteiger partial charge is 0.344 e. The molecule has 1 aromatic rings. The second-order valence-corrected chi connectivity index (χ2v) is 4.04. The van der Waals surface area contributed by atoms with Crippen molar-refractivity contribution in [3.63, 3.8) is 0 Å². The van der Waals surface area contributed by atoms with Gasteiger partial charge in [-0.3, -0.25) is 0 Å². The van der Waals surface area contributed by atoms with E-state index in [1.807, 2.05) is 6.92 Å². The highest BCUT2D eigenvalue weighted by Gasteiger charge is 2.12. The first kappa shape index (κ1) is 14.8. The minimum Gasteiger partial charge on any atom is -0.463 e. The standard InChI is InChI=1S/C13H18N2O4/c1-2-3-4-18-12(16)8-19-13(17)9-5-10(14)7-11(15)6-9/h5-7H,2-4,8,14-15H2,1H3. The highest BCUT2D eigenvalue weighted by molar-refractivity contribution is 5.92. The SMILES string of the molecule is CCCCOC(=O)COC(=O)c1cc(N)cc(N)c1. The fourth-order valence-electron chi connectivity index (χ4n) is 1.37. The average molecular weight is 266 g/mol. The van der Waals surface area contributed by atoms with Crippen molar-refractivity contribution in [1.82, 2.24) is 0 Å². The topological polar surface area (TPSA) is 105 Å². The van der Waals surface area contributed by atoms with E-state index < -0.39 is 18.5 Å². The van der Waals surface area contributed by atoms with E-state index in [2.05, 4.69) is 0 Å². The second-order valence-electron chi connectivity index (χ2n) is 4.04. The number of esters is 2. The van der Waals surface area contributed by atoms with Gasteiger partial charge in [-0.25, -0.2) is 9.59 Å². The molecule has 6 heteroatoms. The number of carbonyl (C=O) groups excluding carboxylic acids is 2. The van der Waals surface area contributed by atoms with Crippen molar-refractivity contribution in [1.29, 1.82) is 0 Å². The molecular weight excluding hydrogens is 248 g/mol. The van der Waals surface area contributed by atoms with E-state index in [0.29, 0.717) is 18.0 Å². The molecule has 0 aliphatic heterocycles. The first-order valence-corrected chi connectivity index (χ1v) is 6.01. The quantitative estimate of drug-likeness (QED) is 0.457. The van der Waals surface area contributed by atoms with Gasteiger partial charge in [-0.05, 0) is 24.6 Å². The maximum Gasteiger partial charge on any atom is 0.344 e. The minimum atomic E-state index is -0.661. The van der Waals surface area contributed by atoms with Gasteiger partial charge >= 0.3 is 11.9 Å². The van der Waals surface area contributed by atoms with E-state index in [9.17, 15) is 9.59 Å². The number of hydrogen-bond acceptors (Lipinski definition) is 6. The van der Waals surface area contributed by atoms with Crippen LogP contribution in [0.1, 0.15) is 30.1 Å². The molecule has 0 fully saturated rings. The Bertz CT molecular complexity index is 440. The van der Waals surface area contributed by atoms with Crippen LogP contribution in [0.15, 0.2) is 18.2 Å². The lowest BCUT2D eigenvalue weighted by molar-refractivity contribution is -0.147. The molecule has 1 aromatic carbocycles. The van der Waals surface area contributed by atoms with Crippen molar-refractivity contribution in [2.45, 2.75) is 19.8 Å². The molecule has 0 saturated carbocycles. The van der Waals surface area contributed by atoms with E-state index in [0.717, 1.165) is 12.8 Å². The zero-order valence-electron chi connectivity index (χ0n) is 10.8. The molecule has 0 atom stereocenters. The van der Waals surface area contributed by atoms with Crippen LogP contribution in [-0.2, 0) is 14.3 Å². The van der Waals surface area contributed by atoms with Crippen LogP contribution in [-0.4, -0.2) is 25.2 Å². The van der Waals surface area contributed by atoms with Gasteiger partial charge in [-0.2, -0.15) is 0 Å². The number of hydrogen-bond donors (Lipinski definition) is 2. The molecule has 0 heterocycles. The lowest BCUT2D eigenvalue weighted by Crippen LogP contribution is -2.17. The Labute approximate surface area is 111 Å². The summed E-state index contributed by atoms with van der Waals surface area (Å²) in [6.07, 6.45) is 1.71. The molecule has 0 saturated heterocycles. The fraction of sp³-hybridized carbons (Fsp3) is 0.385. The van der Waals surface area contributed by atoms with Crippen LogP contribution in [0.5, 0.6) is 0 Å². The zero-order chi connectivity index (χ0) is 14.3. The number of unbranched alkanes of at least 4 members (excludes halogenated alkanes) is 1. The molecule has 1 rings (SSSR count). The fourth-order valence-corrected chi connectivity index (χ4v) is 1.37. The first-order chi connectivity index (χ1) is 9.02. The maximum atomic E-state index is 11.6. The Kier molecular flexibility index (Phi) is 5.66. The van der Waals surface area contributed by atoms with Crippen LogP contribution in [0.2, 0.25) is 0 Å². The van der Waals surface area contributed by atoms with Crippen molar-refractivity contribution in [2.24, 2.45) is 0 Å². The van der Waals surface area contributed by atoms with Crippen LogP contribution in [0, 0.1) is 0 Å². The normalized spacial score (nSPS) is 9.95. The Morgan fingerprint density at radius 3 is 2.32 bits per heavy atom. The summed E-state index contributed by atoms with van der Waals surface area (Å²) in [4.78, 5) is 22.9. The van der Waals surface area contributed by atoms with Crippen molar-refractivity contribution in [3.05, 3.63) is 23.8 Å². The Hall–Kier alpha value is -2.24. The number of nitrogen functional groups attached to an aromatic ring is 2. The van der Waals surface area contributed by atoms with Crippen molar-refractivity contribution < 1.29 is 19.1 Å². The van der Waals surface area contributed by atoms with Gasteiger partial charge in [0, 0.05) is 11.4 Å². The molecule has 0 aliphatic carbocycles. The summed E-state index contributed by atoms with van der Waals surface area (Å²) < 4.78 is 9.66. The molecular formula is C13H18N2O4. The van der Waals surface area contributed by atoms with E-state index in [-0.39, 0.29) is 5.56 Å². The highest BCUT2D eigenvalue weighted by atomic mass is 16.6. The molecule has 4 N–H and O–H groups in total. The zero-order valence-corrected chi connectivity index (χ0v) is 10.8. The summed E-state index contributed by atoms with van der Waals surface area (Å²) in [5.41, 5.74) is 12.0. The van der Waals surface area contributed by atoms with E-state index in [1.165, 1.54) is 18.2 Å². The van der Waals surface area contributed by atoms with E-state index in [1.54, 1.807) is 0 Å². The van der Waals surface area contributed by atoms with Crippen molar-refractivity contribution in [2.75, 3.05) is 24.7 Å². The molecule has 104 valence electrons. The molecule has 0 amide bonds. The molecule has 0 bridgehead atoms. The van der Waals surface area contributed by atoms with Crippen LogP contribution in [0.25, 0.3) is 0 Å². The molecule has 0 aliphatic rings. The number of benzene rings is 1. The summed E-state index contributed by atoms with van der Waals surface area (Å²) in [7, 11) is 0. The van der Waals surface area contributed by atoms with Crippen LogP contribution >= 0.6 is 0 Å². The summed E-state index contributed by atoms with van der Waals surface area (Å²) in [5.74, 6) is -1.23. The van der Waals surface area contributed by atoms with Crippen molar-refractivity contribution in [3.8, 4) is 0 Å². The van der Waals surface area contributed by atoms with Gasteiger partial charge in [0.25, 0.3) is 0 Å². The molecule has 0 spiro atoms. The summed E-state index contributed by atoms with van der Waals surface area (Å²) in [6.45, 7) is 1.90. The third-order valence-electron chi connectivity index (χ3n) is 2.30. The van der Waals surface area contributed by atoms with Gasteiger partial charge in [0.05, 0.1) is 12.2 Å². The predicted octanol–water partition coefficient (Wildman–Crippen LogP) is 1.35. The maximum absolute atomic E-state index is 11.6. The molecule has 0 radical (unpaired) electrons. The Balaban J connectivity index is 2.44. The molecule has 0 aromatic heterocycles. The summed E-state index contributed by atoms with van der Waals surface area (Å²) >= 11 is 0. The molecule has 19 heavy (non-hydrogen) atoms. The van der Waals surface area contributed by atoms with Crippen molar-refractivity contribution >= 4 is 23.3 Å². The Morgan fingerprint density at radius 2 is 1.74 bits per heavy atom.